The van der Waals surface area contributed by atoms with Crippen LogP contribution < -0.4 is 4.74 Å². The van der Waals surface area contributed by atoms with Gasteiger partial charge in [0, 0.05) is 0 Å². The normalized spacial score (nSPS) is 9.42. The lowest BCUT2D eigenvalue weighted by molar-refractivity contribution is 0.112. The molecule has 1 rings (SSSR count). The molecule has 0 fully saturated rings. The number of rotatable bonds is 2. The zero-order valence-corrected chi connectivity index (χ0v) is 6.44. The average Bonchev–Trinajstić information content (AvgIpc) is 2.10. The fourth-order valence-electron chi connectivity index (χ4n) is 0.837. The van der Waals surface area contributed by atoms with Crippen LogP contribution in [0.4, 0.5) is 0 Å². The molecule has 4 heteroatoms. The van der Waals surface area contributed by atoms with Gasteiger partial charge in [0.1, 0.15) is 0 Å². The van der Waals surface area contributed by atoms with Gasteiger partial charge in [0.25, 0.3) is 0 Å². The third-order valence-corrected chi connectivity index (χ3v) is 1.49. The van der Waals surface area contributed by atoms with Crippen molar-refractivity contribution in [1.82, 2.24) is 0 Å². The first-order valence-electron chi connectivity index (χ1n) is 3.24. The van der Waals surface area contributed by atoms with Gasteiger partial charge in [-0.1, -0.05) is 0 Å². The molecule has 0 amide bonds. The van der Waals surface area contributed by atoms with E-state index < -0.39 is 11.5 Å². The molecule has 0 aliphatic carbocycles. The minimum absolute atomic E-state index is 0.0355. The maximum atomic E-state index is 10.3. The molecular weight excluding hydrogens is 160 g/mol. The van der Waals surface area contributed by atoms with E-state index in [4.69, 9.17) is 9.84 Å². The van der Waals surface area contributed by atoms with E-state index >= 15 is 0 Å². The molecule has 12 heavy (non-hydrogen) atoms. The Morgan fingerprint density at radius 3 is 2.50 bits per heavy atom. The number of ether oxygens (including phenoxy) is 1. The second kappa shape index (κ2) is 3.13. The number of aromatic hydroxyl groups is 2. The number of carbonyl (C=O) groups excluding carboxylic acids is 1. The van der Waals surface area contributed by atoms with Gasteiger partial charge in [-0.15, -0.1) is 0 Å². The van der Waals surface area contributed by atoms with Crippen LogP contribution in [0.15, 0.2) is 12.1 Å². The van der Waals surface area contributed by atoms with Gasteiger partial charge >= 0.3 is 0 Å². The van der Waals surface area contributed by atoms with E-state index in [1.54, 1.807) is 0 Å². The Bertz CT molecular complexity index is 306. The van der Waals surface area contributed by atoms with E-state index in [1.165, 1.54) is 19.2 Å². The van der Waals surface area contributed by atoms with Crippen LogP contribution in [0.25, 0.3) is 0 Å². The Labute approximate surface area is 69.0 Å². The van der Waals surface area contributed by atoms with Crippen molar-refractivity contribution in [3.63, 3.8) is 0 Å². The molecule has 1 aromatic rings. The van der Waals surface area contributed by atoms with Crippen molar-refractivity contribution < 1.29 is 19.7 Å². The Kier molecular flexibility index (Phi) is 2.19. The molecule has 0 aliphatic heterocycles. The second-order valence-electron chi connectivity index (χ2n) is 2.17. The molecule has 4 nitrogen and oxygen atoms in total. The number of hydrogen-bond acceptors (Lipinski definition) is 4. The van der Waals surface area contributed by atoms with Crippen molar-refractivity contribution in [1.29, 1.82) is 0 Å². The van der Waals surface area contributed by atoms with Crippen molar-refractivity contribution in [2.24, 2.45) is 0 Å². The molecule has 0 atom stereocenters. The number of phenolic OH excluding ortho intramolecular Hbond substituents is 2. The van der Waals surface area contributed by atoms with Crippen LogP contribution in [0, 0.1) is 0 Å². The lowest BCUT2D eigenvalue weighted by atomic mass is 10.2. The largest absolute Gasteiger partial charge is 0.504 e. The lowest BCUT2D eigenvalue weighted by Crippen LogP contribution is -1.87. The van der Waals surface area contributed by atoms with Gasteiger partial charge in [-0.25, -0.2) is 0 Å². The summed E-state index contributed by atoms with van der Waals surface area (Å²) in [6.45, 7) is 0. The summed E-state index contributed by atoms with van der Waals surface area (Å²) in [5.41, 5.74) is 0.0355. The Morgan fingerprint density at radius 1 is 1.33 bits per heavy atom. The van der Waals surface area contributed by atoms with Crippen molar-refractivity contribution >= 4 is 6.29 Å². The number of aldehydes is 1. The first kappa shape index (κ1) is 8.39. The maximum absolute atomic E-state index is 10.3. The van der Waals surface area contributed by atoms with Crippen LogP contribution in [0.3, 0.4) is 0 Å². The van der Waals surface area contributed by atoms with Crippen molar-refractivity contribution in [3.8, 4) is 17.2 Å². The molecule has 0 saturated heterocycles. The van der Waals surface area contributed by atoms with Crippen LogP contribution in [0.2, 0.25) is 0 Å². The van der Waals surface area contributed by atoms with Crippen molar-refractivity contribution in [3.05, 3.63) is 17.7 Å². The molecule has 0 aliphatic rings. The molecule has 0 heterocycles. The molecule has 0 radical (unpaired) electrons. The molecule has 0 bridgehead atoms. The fourth-order valence-corrected chi connectivity index (χ4v) is 0.837. The predicted molar refractivity (Wildman–Crippen MR) is 41.7 cm³/mol. The van der Waals surface area contributed by atoms with E-state index in [-0.39, 0.29) is 11.3 Å². The zero-order valence-electron chi connectivity index (χ0n) is 6.44. The highest BCUT2D eigenvalue weighted by Crippen LogP contribution is 2.36. The minimum atomic E-state index is -0.454. The molecule has 0 aromatic heterocycles. The van der Waals surface area contributed by atoms with E-state index in [0.29, 0.717) is 6.29 Å². The SMILES string of the molecule is COc1ccc(C=O)c(O)c1O. The molecule has 64 valence electrons. The van der Waals surface area contributed by atoms with Crippen molar-refractivity contribution in [2.75, 3.05) is 7.11 Å². The van der Waals surface area contributed by atoms with Crippen LogP contribution >= 0.6 is 0 Å². The summed E-state index contributed by atoms with van der Waals surface area (Å²) in [6.07, 6.45) is 0.453. The smallest absolute Gasteiger partial charge is 0.201 e. The quantitative estimate of drug-likeness (QED) is 0.509. The highest BCUT2D eigenvalue weighted by Gasteiger charge is 2.10. The highest BCUT2D eigenvalue weighted by molar-refractivity contribution is 5.81. The van der Waals surface area contributed by atoms with E-state index in [0.717, 1.165) is 0 Å². The third kappa shape index (κ3) is 1.18. The van der Waals surface area contributed by atoms with Crippen molar-refractivity contribution in [2.45, 2.75) is 0 Å². The Morgan fingerprint density at radius 2 is 2.00 bits per heavy atom. The summed E-state index contributed by atoms with van der Waals surface area (Å²) in [4.78, 5) is 10.3. The lowest BCUT2D eigenvalue weighted by Gasteiger charge is -2.05. The van der Waals surface area contributed by atoms with Gasteiger partial charge in [0.05, 0.1) is 12.7 Å². The van der Waals surface area contributed by atoms with Gasteiger partial charge in [0.2, 0.25) is 5.75 Å². The third-order valence-electron chi connectivity index (χ3n) is 1.49. The van der Waals surface area contributed by atoms with E-state index in [2.05, 4.69) is 0 Å². The Hall–Kier alpha value is -1.71. The van der Waals surface area contributed by atoms with Crippen LogP contribution in [0.1, 0.15) is 10.4 Å². The monoisotopic (exact) mass is 168 g/mol. The summed E-state index contributed by atoms with van der Waals surface area (Å²) in [5.74, 6) is -0.732. The standard InChI is InChI=1S/C8H8O4/c1-12-6-3-2-5(4-9)7(10)8(6)11/h2-4,10-11H,1H3. The molecule has 0 saturated carbocycles. The average molecular weight is 168 g/mol. The maximum Gasteiger partial charge on any atom is 0.201 e. The zero-order chi connectivity index (χ0) is 9.14. The molecule has 0 spiro atoms. The summed E-state index contributed by atoms with van der Waals surface area (Å²) in [6, 6.07) is 2.76. The number of phenols is 2. The summed E-state index contributed by atoms with van der Waals surface area (Å²) in [5, 5.41) is 18.3. The van der Waals surface area contributed by atoms with E-state index in [9.17, 15) is 9.90 Å². The van der Waals surface area contributed by atoms with Gasteiger partial charge in [-0.2, -0.15) is 0 Å². The molecule has 1 aromatic carbocycles. The minimum Gasteiger partial charge on any atom is -0.504 e. The summed E-state index contributed by atoms with van der Waals surface area (Å²) in [7, 11) is 1.36. The first-order chi connectivity index (χ1) is 5.70. The van der Waals surface area contributed by atoms with Crippen LogP contribution in [-0.2, 0) is 0 Å². The van der Waals surface area contributed by atoms with Gasteiger partial charge < -0.3 is 14.9 Å². The predicted octanol–water partition coefficient (Wildman–Crippen LogP) is 0.919. The topological polar surface area (TPSA) is 66.8 Å². The first-order valence-corrected chi connectivity index (χ1v) is 3.24. The number of methoxy groups -OCH3 is 1. The highest BCUT2D eigenvalue weighted by atomic mass is 16.5. The number of hydrogen-bond donors (Lipinski definition) is 2. The summed E-state index contributed by atoms with van der Waals surface area (Å²) >= 11 is 0. The molecule has 2 N–H and O–H groups in total. The van der Waals surface area contributed by atoms with Gasteiger partial charge in [-0.05, 0) is 12.1 Å². The number of carbonyl (C=O) groups is 1. The molecule has 0 unspecified atom stereocenters. The van der Waals surface area contributed by atoms with Crippen LogP contribution in [0.5, 0.6) is 17.2 Å². The van der Waals surface area contributed by atoms with Gasteiger partial charge in [0.15, 0.2) is 17.8 Å². The van der Waals surface area contributed by atoms with Gasteiger partial charge in [-0.3, -0.25) is 4.79 Å². The molecular formula is C8H8O4. The van der Waals surface area contributed by atoms with Crippen LogP contribution in [-0.4, -0.2) is 23.6 Å². The fraction of sp³-hybridized carbons (Fsp3) is 0.125. The Balaban J connectivity index is 3.29. The second-order valence-corrected chi connectivity index (χ2v) is 2.17. The number of benzene rings is 1. The summed E-state index contributed by atoms with van der Waals surface area (Å²) < 4.78 is 4.70. The van der Waals surface area contributed by atoms with E-state index in [1.807, 2.05) is 0 Å².